The fourth-order valence-electron chi connectivity index (χ4n) is 4.97. The highest BCUT2D eigenvalue weighted by Gasteiger charge is 2.32. The van der Waals surface area contributed by atoms with Crippen LogP contribution in [-0.4, -0.2) is 37.9 Å². The SMILES string of the molecule is C/C=C\c1c(C)cccc1[C@@H](C)NCC1CN(c2ccc(C)c(OC(C)(C)C(=O)OC)c2)c2ccccc2O1. The molecule has 1 aliphatic rings. The zero-order valence-electron chi connectivity index (χ0n) is 24.1. The standard InChI is InChI=1S/C33H40N2O4/c1-8-12-27-22(2)13-11-14-28(27)24(4)34-20-26-21-35(29-15-9-10-16-30(29)38-26)25-18-17-23(3)31(19-25)39-33(5,6)32(36)37-7/h8-19,24,26,34H,20-21H2,1-7H3/b12-8-/t24-,26?/m1/s1. The van der Waals surface area contributed by atoms with Crippen molar-refractivity contribution in [1.29, 1.82) is 0 Å². The summed E-state index contributed by atoms with van der Waals surface area (Å²) in [5, 5.41) is 3.71. The van der Waals surface area contributed by atoms with E-state index in [9.17, 15) is 4.79 Å². The van der Waals surface area contributed by atoms with Crippen LogP contribution < -0.4 is 19.7 Å². The Hall–Kier alpha value is -3.77. The summed E-state index contributed by atoms with van der Waals surface area (Å²) >= 11 is 0. The first-order chi connectivity index (χ1) is 18.6. The van der Waals surface area contributed by atoms with Gasteiger partial charge in [0.25, 0.3) is 0 Å². The fourth-order valence-corrected chi connectivity index (χ4v) is 4.97. The minimum Gasteiger partial charge on any atom is -0.485 e. The summed E-state index contributed by atoms with van der Waals surface area (Å²) < 4.78 is 17.5. The number of fused-ring (bicyclic) bond motifs is 1. The minimum absolute atomic E-state index is 0.0745. The molecule has 1 aliphatic heterocycles. The maximum absolute atomic E-state index is 12.3. The predicted molar refractivity (Wildman–Crippen MR) is 158 cm³/mol. The molecule has 39 heavy (non-hydrogen) atoms. The van der Waals surface area contributed by atoms with Crippen LogP contribution in [0.1, 0.15) is 56.0 Å². The lowest BCUT2D eigenvalue weighted by molar-refractivity contribution is -0.156. The van der Waals surface area contributed by atoms with E-state index in [-0.39, 0.29) is 12.1 Å². The molecule has 2 atom stereocenters. The number of nitrogens with one attached hydrogen (secondary N) is 1. The Bertz CT molecular complexity index is 1350. The number of ether oxygens (including phenoxy) is 3. The van der Waals surface area contributed by atoms with Crippen molar-refractivity contribution in [2.75, 3.05) is 25.1 Å². The number of benzene rings is 3. The Labute approximate surface area is 232 Å². The summed E-state index contributed by atoms with van der Waals surface area (Å²) in [5.74, 6) is 1.06. The number of para-hydroxylation sites is 2. The summed E-state index contributed by atoms with van der Waals surface area (Å²) in [4.78, 5) is 14.5. The largest absolute Gasteiger partial charge is 0.485 e. The first kappa shape index (κ1) is 28.2. The lowest BCUT2D eigenvalue weighted by Crippen LogP contribution is -2.44. The van der Waals surface area contributed by atoms with Gasteiger partial charge in [0.1, 0.15) is 17.6 Å². The Morgan fingerprint density at radius 3 is 2.64 bits per heavy atom. The van der Waals surface area contributed by atoms with Crippen molar-refractivity contribution in [3.05, 3.63) is 89.0 Å². The number of allylic oxidation sites excluding steroid dienone is 1. The zero-order chi connectivity index (χ0) is 28.2. The molecular formula is C33H40N2O4. The van der Waals surface area contributed by atoms with Gasteiger partial charge in [0.15, 0.2) is 5.60 Å². The second-order valence-corrected chi connectivity index (χ2v) is 10.6. The highest BCUT2D eigenvalue weighted by Crippen LogP contribution is 2.40. The number of aryl methyl sites for hydroxylation is 2. The van der Waals surface area contributed by atoms with Gasteiger partial charge < -0.3 is 24.4 Å². The molecule has 3 aromatic rings. The van der Waals surface area contributed by atoms with Gasteiger partial charge in [-0.25, -0.2) is 4.79 Å². The van der Waals surface area contributed by atoms with Crippen molar-refractivity contribution in [1.82, 2.24) is 5.32 Å². The second-order valence-electron chi connectivity index (χ2n) is 10.6. The summed E-state index contributed by atoms with van der Waals surface area (Å²) in [6, 6.07) is 20.8. The maximum Gasteiger partial charge on any atom is 0.349 e. The Morgan fingerprint density at radius 2 is 1.90 bits per heavy atom. The van der Waals surface area contributed by atoms with Crippen molar-refractivity contribution in [2.45, 2.75) is 59.3 Å². The average molecular weight is 529 g/mol. The molecule has 1 N–H and O–H groups in total. The van der Waals surface area contributed by atoms with E-state index >= 15 is 0 Å². The second kappa shape index (κ2) is 12.0. The van der Waals surface area contributed by atoms with Crippen molar-refractivity contribution in [3.8, 4) is 11.5 Å². The number of esters is 1. The third-order valence-electron chi connectivity index (χ3n) is 7.17. The zero-order valence-corrected chi connectivity index (χ0v) is 24.1. The van der Waals surface area contributed by atoms with Gasteiger partial charge in [-0.05, 0) is 82.0 Å². The molecule has 1 heterocycles. The van der Waals surface area contributed by atoms with Crippen LogP contribution in [0.3, 0.4) is 0 Å². The van der Waals surface area contributed by atoms with Crippen LogP contribution in [0.4, 0.5) is 11.4 Å². The molecule has 0 fully saturated rings. The quantitative estimate of drug-likeness (QED) is 0.304. The first-order valence-electron chi connectivity index (χ1n) is 13.5. The van der Waals surface area contributed by atoms with Crippen molar-refractivity contribution < 1.29 is 19.0 Å². The number of carbonyl (C=O) groups excluding carboxylic acids is 1. The number of carbonyl (C=O) groups is 1. The first-order valence-corrected chi connectivity index (χ1v) is 13.5. The highest BCUT2D eigenvalue weighted by molar-refractivity contribution is 5.79. The molecule has 0 bridgehead atoms. The van der Waals surface area contributed by atoms with Crippen LogP contribution in [0.5, 0.6) is 11.5 Å². The van der Waals surface area contributed by atoms with Crippen LogP contribution >= 0.6 is 0 Å². The van der Waals surface area contributed by atoms with E-state index in [1.54, 1.807) is 13.8 Å². The molecule has 0 aliphatic carbocycles. The summed E-state index contributed by atoms with van der Waals surface area (Å²) in [6.45, 7) is 13.1. The Kier molecular flexibility index (Phi) is 8.66. The number of hydrogen-bond acceptors (Lipinski definition) is 6. The number of rotatable bonds is 9. The molecule has 206 valence electrons. The Morgan fingerprint density at radius 1 is 1.13 bits per heavy atom. The fraction of sp³-hybridized carbons (Fsp3) is 0.364. The van der Waals surface area contributed by atoms with E-state index in [2.05, 4.69) is 66.5 Å². The molecule has 3 aromatic carbocycles. The Balaban J connectivity index is 1.57. The summed E-state index contributed by atoms with van der Waals surface area (Å²) in [7, 11) is 1.37. The van der Waals surface area contributed by atoms with Gasteiger partial charge >= 0.3 is 5.97 Å². The average Bonchev–Trinajstić information content (AvgIpc) is 2.93. The molecule has 0 saturated heterocycles. The maximum atomic E-state index is 12.3. The normalized spacial score (nSPS) is 16.0. The molecule has 0 aromatic heterocycles. The van der Waals surface area contributed by atoms with E-state index < -0.39 is 11.6 Å². The van der Waals surface area contributed by atoms with Gasteiger partial charge in [0.05, 0.1) is 19.3 Å². The number of methoxy groups -OCH3 is 1. The molecule has 4 rings (SSSR count). The smallest absolute Gasteiger partial charge is 0.349 e. The van der Waals surface area contributed by atoms with Crippen LogP contribution in [0, 0.1) is 13.8 Å². The lowest BCUT2D eigenvalue weighted by atomic mass is 9.96. The molecule has 0 amide bonds. The van der Waals surface area contributed by atoms with Gasteiger partial charge in [-0.2, -0.15) is 0 Å². The van der Waals surface area contributed by atoms with Gasteiger partial charge in [0.2, 0.25) is 0 Å². The monoisotopic (exact) mass is 528 g/mol. The highest BCUT2D eigenvalue weighted by atomic mass is 16.6. The summed E-state index contributed by atoms with van der Waals surface area (Å²) in [5.41, 5.74) is 5.61. The topological polar surface area (TPSA) is 60.0 Å². The molecule has 6 nitrogen and oxygen atoms in total. The molecule has 0 saturated carbocycles. The van der Waals surface area contributed by atoms with E-state index in [1.165, 1.54) is 23.8 Å². The van der Waals surface area contributed by atoms with Crippen LogP contribution in [0.25, 0.3) is 6.08 Å². The van der Waals surface area contributed by atoms with Crippen molar-refractivity contribution in [2.24, 2.45) is 0 Å². The van der Waals surface area contributed by atoms with E-state index in [1.807, 2.05) is 44.2 Å². The molecule has 1 unspecified atom stereocenters. The number of anilines is 2. The molecule has 0 radical (unpaired) electrons. The van der Waals surface area contributed by atoms with Crippen LogP contribution in [-0.2, 0) is 9.53 Å². The van der Waals surface area contributed by atoms with Crippen molar-refractivity contribution >= 4 is 23.4 Å². The van der Waals surface area contributed by atoms with E-state index in [4.69, 9.17) is 14.2 Å². The third-order valence-corrected chi connectivity index (χ3v) is 7.17. The van der Waals surface area contributed by atoms with Crippen LogP contribution in [0.15, 0.2) is 66.7 Å². The lowest BCUT2D eigenvalue weighted by Gasteiger charge is -2.37. The van der Waals surface area contributed by atoms with Gasteiger partial charge in [-0.15, -0.1) is 0 Å². The van der Waals surface area contributed by atoms with Crippen molar-refractivity contribution in [3.63, 3.8) is 0 Å². The molecule has 6 heteroatoms. The van der Waals surface area contributed by atoms with Gasteiger partial charge in [0, 0.05) is 24.3 Å². The van der Waals surface area contributed by atoms with Gasteiger partial charge in [-0.1, -0.05) is 48.6 Å². The van der Waals surface area contributed by atoms with Gasteiger partial charge in [-0.3, -0.25) is 0 Å². The summed E-state index contributed by atoms with van der Waals surface area (Å²) in [6.07, 6.45) is 4.19. The number of hydrogen-bond donors (Lipinski definition) is 1. The molecular weight excluding hydrogens is 488 g/mol. The van der Waals surface area contributed by atoms with E-state index in [0.29, 0.717) is 18.8 Å². The minimum atomic E-state index is -1.11. The van der Waals surface area contributed by atoms with E-state index in [0.717, 1.165) is 22.7 Å². The third kappa shape index (κ3) is 6.28. The molecule has 0 spiro atoms. The van der Waals surface area contributed by atoms with Crippen LogP contribution in [0.2, 0.25) is 0 Å². The predicted octanol–water partition coefficient (Wildman–Crippen LogP) is 6.92. The number of nitrogens with zero attached hydrogens (tertiary/aromatic N) is 1.